The number of hydrogen-bond acceptors (Lipinski definition) is 6. The van der Waals surface area contributed by atoms with Crippen molar-refractivity contribution in [1.29, 1.82) is 0 Å². The highest BCUT2D eigenvalue weighted by Crippen LogP contribution is 2.53. The second-order valence-corrected chi connectivity index (χ2v) is 5.65. The number of fused-ring (bicyclic) bond motifs is 1. The second kappa shape index (κ2) is 5.64. The molecule has 1 aromatic carbocycles. The predicted octanol–water partition coefficient (Wildman–Crippen LogP) is 1.65. The third-order valence-corrected chi connectivity index (χ3v) is 4.52. The molecule has 0 radical (unpaired) electrons. The average molecular weight is 321 g/mol. The van der Waals surface area contributed by atoms with Crippen LogP contribution >= 0.6 is 0 Å². The summed E-state index contributed by atoms with van der Waals surface area (Å²) < 4.78 is 23.0. The molecule has 0 saturated heterocycles. The van der Waals surface area contributed by atoms with Gasteiger partial charge >= 0.3 is 11.9 Å². The van der Waals surface area contributed by atoms with Gasteiger partial charge in [-0.2, -0.15) is 0 Å². The third-order valence-electron chi connectivity index (χ3n) is 4.52. The quantitative estimate of drug-likeness (QED) is 0.625. The molecule has 0 amide bonds. The molecular formula is C16H16FNO5. The zero-order chi connectivity index (χ0) is 16.6. The van der Waals surface area contributed by atoms with Crippen LogP contribution in [0.3, 0.4) is 0 Å². The SMILES string of the molecule is COC(=O)C1(C(=O)OC)C[C@H]2CON=C2[C@@H]1c1ccc(F)cc1. The highest BCUT2D eigenvalue weighted by atomic mass is 19.1. The molecule has 0 spiro atoms. The smallest absolute Gasteiger partial charge is 0.324 e. The molecule has 0 aromatic heterocycles. The predicted molar refractivity (Wildman–Crippen MR) is 77.1 cm³/mol. The van der Waals surface area contributed by atoms with Crippen molar-refractivity contribution in [2.24, 2.45) is 16.5 Å². The Labute approximate surface area is 132 Å². The highest BCUT2D eigenvalue weighted by molar-refractivity contribution is 6.12. The summed E-state index contributed by atoms with van der Waals surface area (Å²) in [6.07, 6.45) is 0.188. The fourth-order valence-corrected chi connectivity index (χ4v) is 3.53. The number of nitrogens with zero attached hydrogens (tertiary/aromatic N) is 1. The van der Waals surface area contributed by atoms with Crippen LogP contribution in [0.2, 0.25) is 0 Å². The summed E-state index contributed by atoms with van der Waals surface area (Å²) in [6.45, 7) is 0.294. The van der Waals surface area contributed by atoms with Gasteiger partial charge in [0.15, 0.2) is 5.41 Å². The van der Waals surface area contributed by atoms with Gasteiger partial charge in [0.25, 0.3) is 0 Å². The van der Waals surface area contributed by atoms with E-state index in [1.54, 1.807) is 0 Å². The first kappa shape index (κ1) is 15.5. The van der Waals surface area contributed by atoms with Crippen molar-refractivity contribution in [3.63, 3.8) is 0 Å². The van der Waals surface area contributed by atoms with Crippen molar-refractivity contribution in [2.45, 2.75) is 12.3 Å². The van der Waals surface area contributed by atoms with Crippen molar-refractivity contribution in [1.82, 2.24) is 0 Å². The van der Waals surface area contributed by atoms with Gasteiger partial charge in [-0.15, -0.1) is 0 Å². The van der Waals surface area contributed by atoms with Crippen LogP contribution in [0.4, 0.5) is 4.39 Å². The standard InChI is InChI=1S/C16H16FNO5/c1-21-14(19)16(15(20)22-2)7-10-8-23-18-13(10)12(16)9-3-5-11(17)6-4-9/h3-6,10,12H,7-8H2,1-2H3/t10-,12-/m0/s1. The van der Waals surface area contributed by atoms with Gasteiger partial charge in [0, 0.05) is 5.92 Å². The number of hydrogen-bond donors (Lipinski definition) is 0. The summed E-state index contributed by atoms with van der Waals surface area (Å²) >= 11 is 0. The van der Waals surface area contributed by atoms with E-state index in [0.717, 1.165) is 0 Å². The van der Waals surface area contributed by atoms with Gasteiger partial charge in [-0.3, -0.25) is 9.59 Å². The van der Waals surface area contributed by atoms with Crippen LogP contribution in [0.5, 0.6) is 0 Å². The Hall–Kier alpha value is -2.44. The van der Waals surface area contributed by atoms with Gasteiger partial charge in [0.2, 0.25) is 0 Å². The number of ether oxygens (including phenoxy) is 2. The average Bonchev–Trinajstić information content (AvgIpc) is 3.13. The van der Waals surface area contributed by atoms with Gasteiger partial charge in [-0.05, 0) is 24.1 Å². The Kier molecular flexibility index (Phi) is 3.79. The molecule has 0 bridgehead atoms. The van der Waals surface area contributed by atoms with Crippen molar-refractivity contribution in [3.8, 4) is 0 Å². The van der Waals surface area contributed by atoms with E-state index in [-0.39, 0.29) is 12.3 Å². The van der Waals surface area contributed by atoms with Gasteiger partial charge in [0.1, 0.15) is 12.4 Å². The Bertz CT molecular complexity index is 654. The summed E-state index contributed by atoms with van der Waals surface area (Å²) in [4.78, 5) is 30.2. The van der Waals surface area contributed by atoms with Crippen LogP contribution < -0.4 is 0 Å². The van der Waals surface area contributed by atoms with Crippen molar-refractivity contribution >= 4 is 17.7 Å². The first-order valence-electron chi connectivity index (χ1n) is 7.16. The van der Waals surface area contributed by atoms with Crippen LogP contribution in [0.1, 0.15) is 17.9 Å². The lowest BCUT2D eigenvalue weighted by Crippen LogP contribution is -2.44. The van der Waals surface area contributed by atoms with Gasteiger partial charge in [0.05, 0.1) is 25.8 Å². The van der Waals surface area contributed by atoms with Crippen LogP contribution in [-0.2, 0) is 23.9 Å². The van der Waals surface area contributed by atoms with E-state index in [1.165, 1.54) is 38.5 Å². The Morgan fingerprint density at radius 2 is 1.83 bits per heavy atom. The van der Waals surface area contributed by atoms with Crippen LogP contribution in [0, 0.1) is 17.2 Å². The molecule has 0 N–H and O–H groups in total. The number of carbonyl (C=O) groups is 2. The molecule has 6 nitrogen and oxygen atoms in total. The molecular weight excluding hydrogens is 305 g/mol. The minimum Gasteiger partial charge on any atom is -0.468 e. The zero-order valence-electron chi connectivity index (χ0n) is 12.7. The van der Waals surface area contributed by atoms with Crippen LogP contribution in [0.25, 0.3) is 0 Å². The summed E-state index contributed by atoms with van der Waals surface area (Å²) in [5.74, 6) is -2.65. The molecule has 1 fully saturated rings. The molecule has 23 heavy (non-hydrogen) atoms. The largest absolute Gasteiger partial charge is 0.468 e. The second-order valence-electron chi connectivity index (χ2n) is 5.65. The van der Waals surface area contributed by atoms with E-state index in [1.807, 2.05) is 0 Å². The maximum Gasteiger partial charge on any atom is 0.324 e. The normalized spacial score (nSPS) is 24.4. The lowest BCUT2D eigenvalue weighted by atomic mass is 9.73. The van der Waals surface area contributed by atoms with Gasteiger partial charge in [-0.1, -0.05) is 17.3 Å². The number of carbonyl (C=O) groups excluding carboxylic acids is 2. The van der Waals surface area contributed by atoms with Crippen molar-refractivity contribution in [2.75, 3.05) is 20.8 Å². The number of rotatable bonds is 3. The van der Waals surface area contributed by atoms with Crippen LogP contribution in [-0.4, -0.2) is 38.5 Å². The van der Waals surface area contributed by atoms with E-state index >= 15 is 0 Å². The molecule has 1 aliphatic heterocycles. The Balaban J connectivity index is 2.17. The number of halogens is 1. The summed E-state index contributed by atoms with van der Waals surface area (Å²) in [6, 6.07) is 5.62. The fraction of sp³-hybridized carbons (Fsp3) is 0.438. The Morgan fingerprint density at radius 1 is 1.22 bits per heavy atom. The van der Waals surface area contributed by atoms with E-state index in [4.69, 9.17) is 14.3 Å². The minimum atomic E-state index is -1.53. The summed E-state index contributed by atoms with van der Waals surface area (Å²) in [5, 5.41) is 4.01. The summed E-state index contributed by atoms with van der Waals surface area (Å²) in [5.41, 5.74) is -0.351. The highest BCUT2D eigenvalue weighted by Gasteiger charge is 2.64. The van der Waals surface area contributed by atoms with E-state index in [0.29, 0.717) is 17.9 Å². The topological polar surface area (TPSA) is 74.2 Å². The monoisotopic (exact) mass is 321 g/mol. The maximum absolute atomic E-state index is 13.2. The zero-order valence-corrected chi connectivity index (χ0v) is 12.7. The van der Waals surface area contributed by atoms with Gasteiger partial charge in [-0.25, -0.2) is 4.39 Å². The van der Waals surface area contributed by atoms with Gasteiger partial charge < -0.3 is 14.3 Å². The first-order chi connectivity index (χ1) is 11.0. The van der Waals surface area contributed by atoms with E-state index in [9.17, 15) is 14.0 Å². The lowest BCUT2D eigenvalue weighted by Gasteiger charge is -2.30. The first-order valence-corrected chi connectivity index (χ1v) is 7.16. The third kappa shape index (κ3) is 2.18. The lowest BCUT2D eigenvalue weighted by molar-refractivity contribution is -0.170. The van der Waals surface area contributed by atoms with E-state index in [2.05, 4.69) is 5.16 Å². The van der Waals surface area contributed by atoms with Crippen molar-refractivity contribution in [3.05, 3.63) is 35.6 Å². The molecule has 7 heteroatoms. The molecule has 2 aliphatic rings. The molecule has 122 valence electrons. The number of oxime groups is 1. The molecule has 1 aliphatic carbocycles. The number of esters is 2. The Morgan fingerprint density at radius 3 is 2.39 bits per heavy atom. The molecule has 2 atom stereocenters. The van der Waals surface area contributed by atoms with Crippen LogP contribution in [0.15, 0.2) is 29.4 Å². The molecule has 1 heterocycles. The molecule has 3 rings (SSSR count). The summed E-state index contributed by atoms with van der Waals surface area (Å²) in [7, 11) is 2.45. The van der Waals surface area contributed by atoms with Crippen molar-refractivity contribution < 1.29 is 28.3 Å². The fourth-order valence-electron chi connectivity index (χ4n) is 3.53. The molecule has 1 aromatic rings. The number of methoxy groups -OCH3 is 2. The number of benzene rings is 1. The molecule has 0 unspecified atom stereocenters. The van der Waals surface area contributed by atoms with E-state index < -0.39 is 29.1 Å². The maximum atomic E-state index is 13.2. The molecule has 1 saturated carbocycles. The minimum absolute atomic E-state index is 0.178.